The van der Waals surface area contributed by atoms with E-state index in [1.807, 2.05) is 48.5 Å². The van der Waals surface area contributed by atoms with Crippen molar-refractivity contribution in [3.8, 4) is 22.6 Å². The molecule has 28 heavy (non-hydrogen) atoms. The smallest absolute Gasteiger partial charge is 0.231 e. The van der Waals surface area contributed by atoms with Crippen LogP contribution < -0.4 is 20.5 Å². The summed E-state index contributed by atoms with van der Waals surface area (Å²) in [6.07, 6.45) is 2.31. The van der Waals surface area contributed by atoms with Crippen molar-refractivity contribution in [2.24, 2.45) is 5.92 Å². The minimum Gasteiger partial charge on any atom is -0.495 e. The molecule has 1 unspecified atom stereocenters. The van der Waals surface area contributed by atoms with E-state index < -0.39 is 0 Å². The molecule has 142 valence electrons. The van der Waals surface area contributed by atoms with Crippen LogP contribution in [0.15, 0.2) is 60.8 Å². The molecule has 2 heterocycles. The summed E-state index contributed by atoms with van der Waals surface area (Å²) in [5.74, 6) is 1.54. The van der Waals surface area contributed by atoms with Crippen LogP contribution in [0.5, 0.6) is 11.5 Å². The predicted octanol–water partition coefficient (Wildman–Crippen LogP) is 3.53. The van der Waals surface area contributed by atoms with E-state index in [0.717, 1.165) is 22.4 Å². The molecule has 1 aliphatic heterocycles. The van der Waals surface area contributed by atoms with Crippen molar-refractivity contribution >= 4 is 17.4 Å². The first-order valence-electron chi connectivity index (χ1n) is 9.05. The number of pyridine rings is 1. The van der Waals surface area contributed by atoms with Crippen LogP contribution in [0.25, 0.3) is 11.1 Å². The first-order valence-corrected chi connectivity index (χ1v) is 9.05. The van der Waals surface area contributed by atoms with Crippen LogP contribution in [0, 0.1) is 5.92 Å². The molecule has 2 aromatic carbocycles. The zero-order valence-corrected chi connectivity index (χ0v) is 15.5. The molecule has 1 amide bonds. The predicted molar refractivity (Wildman–Crippen MR) is 108 cm³/mol. The zero-order valence-electron chi connectivity index (χ0n) is 15.5. The number of ether oxygens (including phenoxy) is 2. The number of nitrogen functional groups attached to an aromatic ring is 1. The van der Waals surface area contributed by atoms with Crippen LogP contribution in [0.4, 0.5) is 11.5 Å². The summed E-state index contributed by atoms with van der Waals surface area (Å²) in [5.41, 5.74) is 9.30. The van der Waals surface area contributed by atoms with Gasteiger partial charge in [0.2, 0.25) is 5.91 Å². The molecular formula is C22H21N3O3. The third-order valence-electron chi connectivity index (χ3n) is 4.82. The van der Waals surface area contributed by atoms with Crippen molar-refractivity contribution in [3.63, 3.8) is 0 Å². The Morgan fingerprint density at radius 1 is 1.18 bits per heavy atom. The molecule has 4 rings (SSSR count). The Hall–Kier alpha value is -3.54. The molecule has 0 fully saturated rings. The van der Waals surface area contributed by atoms with E-state index in [9.17, 15) is 4.79 Å². The Balaban J connectivity index is 1.52. The second kappa shape index (κ2) is 7.60. The van der Waals surface area contributed by atoms with Crippen LogP contribution in [-0.4, -0.2) is 24.6 Å². The normalized spacial score (nSPS) is 15.2. The number of nitrogens with two attached hydrogens (primary N) is 1. The Bertz CT molecular complexity index is 1020. The number of aromatic nitrogens is 1. The minimum atomic E-state index is -0.251. The van der Waals surface area contributed by atoms with Crippen molar-refractivity contribution in [1.82, 2.24) is 4.98 Å². The van der Waals surface area contributed by atoms with Crippen LogP contribution in [0.1, 0.15) is 5.56 Å². The second-order valence-electron chi connectivity index (χ2n) is 6.69. The highest BCUT2D eigenvalue weighted by Gasteiger charge is 2.26. The van der Waals surface area contributed by atoms with E-state index >= 15 is 0 Å². The minimum absolute atomic E-state index is 0.0892. The van der Waals surface area contributed by atoms with Gasteiger partial charge in [-0.1, -0.05) is 24.3 Å². The summed E-state index contributed by atoms with van der Waals surface area (Å²) in [6, 6.07) is 17.1. The fraction of sp³-hybridized carbons (Fsp3) is 0.182. The first kappa shape index (κ1) is 17.9. The van der Waals surface area contributed by atoms with Gasteiger partial charge in [0.15, 0.2) is 0 Å². The molecule has 1 aliphatic rings. The van der Waals surface area contributed by atoms with Gasteiger partial charge in [-0.2, -0.15) is 0 Å². The molecule has 0 radical (unpaired) electrons. The molecule has 3 aromatic rings. The Morgan fingerprint density at radius 2 is 2.00 bits per heavy atom. The van der Waals surface area contributed by atoms with Crippen molar-refractivity contribution in [1.29, 1.82) is 0 Å². The fourth-order valence-electron chi connectivity index (χ4n) is 3.33. The van der Waals surface area contributed by atoms with E-state index in [-0.39, 0.29) is 11.8 Å². The Kier molecular flexibility index (Phi) is 4.85. The van der Waals surface area contributed by atoms with Gasteiger partial charge < -0.3 is 20.5 Å². The SMILES string of the molecule is COc1cc(-c2ccnc(N)c2)ccc1NC(=O)C1COc2ccccc2C1. The van der Waals surface area contributed by atoms with Gasteiger partial charge >= 0.3 is 0 Å². The van der Waals surface area contributed by atoms with Gasteiger partial charge in [-0.25, -0.2) is 4.98 Å². The van der Waals surface area contributed by atoms with Crippen molar-refractivity contribution in [3.05, 3.63) is 66.4 Å². The maximum Gasteiger partial charge on any atom is 0.231 e. The van der Waals surface area contributed by atoms with Gasteiger partial charge in [0.05, 0.1) is 18.7 Å². The number of hydrogen-bond acceptors (Lipinski definition) is 5. The molecule has 0 saturated heterocycles. The number of rotatable bonds is 4. The highest BCUT2D eigenvalue weighted by molar-refractivity contribution is 5.95. The van der Waals surface area contributed by atoms with Crippen LogP contribution in [-0.2, 0) is 11.2 Å². The quantitative estimate of drug-likeness (QED) is 0.728. The molecule has 0 saturated carbocycles. The Labute approximate surface area is 163 Å². The summed E-state index contributed by atoms with van der Waals surface area (Å²) in [4.78, 5) is 16.8. The lowest BCUT2D eigenvalue weighted by Crippen LogP contribution is -2.32. The number of methoxy groups -OCH3 is 1. The van der Waals surface area contributed by atoms with Gasteiger partial charge in [-0.15, -0.1) is 0 Å². The standard InChI is InChI=1S/C22H21N3O3/c1-27-20-11-14(15-8-9-24-21(23)12-15)6-7-18(20)25-22(26)17-10-16-4-2-3-5-19(16)28-13-17/h2-9,11-12,17H,10,13H2,1H3,(H2,23,24)(H,25,26). The lowest BCUT2D eigenvalue weighted by molar-refractivity contribution is -0.121. The van der Waals surface area contributed by atoms with Gasteiger partial charge in [0, 0.05) is 6.20 Å². The molecule has 1 atom stereocenters. The average Bonchev–Trinajstić information content (AvgIpc) is 2.73. The van der Waals surface area contributed by atoms with Crippen molar-refractivity contribution in [2.75, 3.05) is 24.8 Å². The molecule has 3 N–H and O–H groups in total. The lowest BCUT2D eigenvalue weighted by Gasteiger charge is -2.24. The molecule has 0 spiro atoms. The second-order valence-corrected chi connectivity index (χ2v) is 6.69. The summed E-state index contributed by atoms with van der Waals surface area (Å²) >= 11 is 0. The third kappa shape index (κ3) is 3.62. The number of fused-ring (bicyclic) bond motifs is 1. The number of hydrogen-bond donors (Lipinski definition) is 2. The molecular weight excluding hydrogens is 354 g/mol. The lowest BCUT2D eigenvalue weighted by atomic mass is 9.96. The van der Waals surface area contributed by atoms with Crippen LogP contribution in [0.3, 0.4) is 0 Å². The molecule has 0 bridgehead atoms. The average molecular weight is 375 g/mol. The highest BCUT2D eigenvalue weighted by atomic mass is 16.5. The van der Waals surface area contributed by atoms with E-state index in [4.69, 9.17) is 15.2 Å². The van der Waals surface area contributed by atoms with Crippen LogP contribution >= 0.6 is 0 Å². The highest BCUT2D eigenvalue weighted by Crippen LogP contribution is 2.32. The van der Waals surface area contributed by atoms with Gasteiger partial charge in [-0.05, 0) is 53.4 Å². The van der Waals surface area contributed by atoms with E-state index in [0.29, 0.717) is 30.3 Å². The molecule has 6 heteroatoms. The molecule has 6 nitrogen and oxygen atoms in total. The zero-order chi connectivity index (χ0) is 19.5. The fourth-order valence-corrected chi connectivity index (χ4v) is 3.33. The maximum absolute atomic E-state index is 12.8. The van der Waals surface area contributed by atoms with Gasteiger partial charge in [0.25, 0.3) is 0 Å². The first-order chi connectivity index (χ1) is 13.6. The summed E-state index contributed by atoms with van der Waals surface area (Å²) < 4.78 is 11.2. The summed E-state index contributed by atoms with van der Waals surface area (Å²) in [6.45, 7) is 0.361. The monoisotopic (exact) mass is 375 g/mol. The number of amides is 1. The largest absolute Gasteiger partial charge is 0.495 e. The third-order valence-corrected chi connectivity index (χ3v) is 4.82. The number of anilines is 2. The van der Waals surface area contributed by atoms with Crippen molar-refractivity contribution in [2.45, 2.75) is 6.42 Å². The van der Waals surface area contributed by atoms with Gasteiger partial charge in [-0.3, -0.25) is 4.79 Å². The number of carbonyl (C=O) groups excluding carboxylic acids is 1. The van der Waals surface area contributed by atoms with E-state index in [1.165, 1.54) is 0 Å². The summed E-state index contributed by atoms with van der Waals surface area (Å²) in [5, 5.41) is 2.97. The number of carbonyl (C=O) groups is 1. The number of para-hydroxylation sites is 1. The van der Waals surface area contributed by atoms with Crippen molar-refractivity contribution < 1.29 is 14.3 Å². The number of benzene rings is 2. The van der Waals surface area contributed by atoms with Crippen LogP contribution in [0.2, 0.25) is 0 Å². The van der Waals surface area contributed by atoms with Gasteiger partial charge in [0.1, 0.15) is 23.9 Å². The number of nitrogens with one attached hydrogen (secondary N) is 1. The maximum atomic E-state index is 12.8. The molecule has 1 aromatic heterocycles. The number of nitrogens with zero attached hydrogens (tertiary/aromatic N) is 1. The molecule has 0 aliphatic carbocycles. The topological polar surface area (TPSA) is 86.5 Å². The van der Waals surface area contributed by atoms with E-state index in [1.54, 1.807) is 19.4 Å². The Morgan fingerprint density at radius 3 is 2.82 bits per heavy atom. The summed E-state index contributed by atoms with van der Waals surface area (Å²) in [7, 11) is 1.58. The van der Waals surface area contributed by atoms with E-state index in [2.05, 4.69) is 10.3 Å².